The zero-order valence-corrected chi connectivity index (χ0v) is 16.3. The molecule has 0 unspecified atom stereocenters. The SMILES string of the molecule is [Pt+2].[c-]1c(Cc2ccccn2)cccc1-c1[c-]c(-c2ccccn2)ccc1. The van der Waals surface area contributed by atoms with Crippen molar-refractivity contribution < 1.29 is 21.1 Å². The van der Waals surface area contributed by atoms with Crippen LogP contribution >= 0.6 is 0 Å². The Bertz CT molecular complexity index is 969. The van der Waals surface area contributed by atoms with E-state index in [-0.39, 0.29) is 21.1 Å². The average molecular weight is 515 g/mol. The Hall–Kier alpha value is -2.57. The van der Waals surface area contributed by atoms with Crippen LogP contribution in [0.2, 0.25) is 0 Å². The molecular weight excluding hydrogens is 499 g/mol. The predicted molar refractivity (Wildman–Crippen MR) is 99.8 cm³/mol. The molecule has 4 rings (SSSR count). The molecule has 2 aromatic heterocycles. The second-order valence-electron chi connectivity index (χ2n) is 5.78. The van der Waals surface area contributed by atoms with Crippen LogP contribution in [-0.4, -0.2) is 9.97 Å². The van der Waals surface area contributed by atoms with Crippen molar-refractivity contribution in [2.24, 2.45) is 0 Å². The number of aromatic nitrogens is 2. The van der Waals surface area contributed by atoms with Crippen LogP contribution in [0, 0.1) is 12.1 Å². The molecule has 0 saturated heterocycles. The third kappa shape index (κ3) is 4.33. The van der Waals surface area contributed by atoms with Gasteiger partial charge in [-0.15, -0.1) is 29.3 Å². The fourth-order valence-electron chi connectivity index (χ4n) is 2.77. The van der Waals surface area contributed by atoms with Crippen LogP contribution < -0.4 is 0 Å². The third-order valence-corrected chi connectivity index (χ3v) is 3.98. The smallest absolute Gasteiger partial charge is 0.295 e. The van der Waals surface area contributed by atoms with E-state index >= 15 is 0 Å². The molecular formula is C23H16N2Pt. The standard InChI is InChI=1S/C23H16N2.Pt/c1-3-13-24-22(11-1)16-18-7-5-8-19(15-18)20-9-6-10-21(17-20)23-12-2-4-14-25-23;/h1-14H,16H2;/q-2;+2. The predicted octanol–water partition coefficient (Wildman–Crippen LogP) is 5.00. The van der Waals surface area contributed by atoms with Crippen molar-refractivity contribution in [1.29, 1.82) is 0 Å². The summed E-state index contributed by atoms with van der Waals surface area (Å²) in [5.41, 5.74) is 6.13. The molecule has 128 valence electrons. The molecule has 0 spiro atoms. The van der Waals surface area contributed by atoms with Gasteiger partial charge in [0.05, 0.1) is 0 Å². The van der Waals surface area contributed by atoms with Gasteiger partial charge in [0.1, 0.15) is 0 Å². The first-order chi connectivity index (χ1) is 12.4. The van der Waals surface area contributed by atoms with Gasteiger partial charge in [-0.2, -0.15) is 35.9 Å². The van der Waals surface area contributed by atoms with Crippen molar-refractivity contribution in [3.05, 3.63) is 109 Å². The van der Waals surface area contributed by atoms with E-state index in [0.29, 0.717) is 0 Å². The number of hydrogen-bond donors (Lipinski definition) is 0. The maximum Gasteiger partial charge on any atom is 2.00 e. The minimum atomic E-state index is 0. The number of nitrogens with zero attached hydrogens (tertiary/aromatic N) is 2. The molecule has 0 N–H and O–H groups in total. The van der Waals surface area contributed by atoms with Crippen LogP contribution in [-0.2, 0) is 27.5 Å². The van der Waals surface area contributed by atoms with Crippen molar-refractivity contribution in [3.63, 3.8) is 0 Å². The molecule has 2 heterocycles. The molecule has 0 amide bonds. The zero-order valence-electron chi connectivity index (χ0n) is 14.0. The summed E-state index contributed by atoms with van der Waals surface area (Å²) in [5, 5.41) is 0. The Morgan fingerprint density at radius 1 is 0.615 bits per heavy atom. The minimum absolute atomic E-state index is 0. The summed E-state index contributed by atoms with van der Waals surface area (Å²) in [7, 11) is 0. The second kappa shape index (κ2) is 8.69. The van der Waals surface area contributed by atoms with Gasteiger partial charge in [0.2, 0.25) is 0 Å². The van der Waals surface area contributed by atoms with Crippen molar-refractivity contribution in [1.82, 2.24) is 9.97 Å². The van der Waals surface area contributed by atoms with E-state index in [9.17, 15) is 0 Å². The fraction of sp³-hybridized carbons (Fsp3) is 0.0435. The molecule has 0 bridgehead atoms. The first kappa shape index (κ1) is 18.2. The molecule has 2 aromatic carbocycles. The third-order valence-electron chi connectivity index (χ3n) is 3.98. The van der Waals surface area contributed by atoms with Crippen LogP contribution in [0.1, 0.15) is 11.3 Å². The zero-order chi connectivity index (χ0) is 16.9. The van der Waals surface area contributed by atoms with Gasteiger partial charge >= 0.3 is 21.1 Å². The number of hydrogen-bond acceptors (Lipinski definition) is 2. The van der Waals surface area contributed by atoms with Gasteiger partial charge in [-0.1, -0.05) is 18.2 Å². The van der Waals surface area contributed by atoms with Crippen LogP contribution in [0.4, 0.5) is 0 Å². The van der Waals surface area contributed by atoms with Crippen LogP contribution in [0.25, 0.3) is 22.4 Å². The molecule has 4 aromatic rings. The topological polar surface area (TPSA) is 25.8 Å². The van der Waals surface area contributed by atoms with Gasteiger partial charge in [0, 0.05) is 23.8 Å². The second-order valence-corrected chi connectivity index (χ2v) is 5.78. The minimum Gasteiger partial charge on any atom is -0.295 e. The van der Waals surface area contributed by atoms with Gasteiger partial charge in [0.15, 0.2) is 0 Å². The molecule has 3 heteroatoms. The van der Waals surface area contributed by atoms with Crippen molar-refractivity contribution in [2.45, 2.75) is 6.42 Å². The van der Waals surface area contributed by atoms with Crippen LogP contribution in [0.15, 0.2) is 85.2 Å². The Morgan fingerprint density at radius 3 is 2.04 bits per heavy atom. The summed E-state index contributed by atoms with van der Waals surface area (Å²) < 4.78 is 0. The maximum absolute atomic E-state index is 4.41. The summed E-state index contributed by atoms with van der Waals surface area (Å²) in [6.07, 6.45) is 4.40. The Labute approximate surface area is 168 Å². The molecule has 0 fully saturated rings. The van der Waals surface area contributed by atoms with Crippen molar-refractivity contribution in [2.75, 3.05) is 0 Å². The number of benzene rings is 2. The normalized spacial score (nSPS) is 10.2. The summed E-state index contributed by atoms with van der Waals surface area (Å²) in [4.78, 5) is 8.80. The summed E-state index contributed by atoms with van der Waals surface area (Å²) >= 11 is 0. The van der Waals surface area contributed by atoms with E-state index in [1.165, 1.54) is 0 Å². The number of rotatable bonds is 4. The van der Waals surface area contributed by atoms with E-state index < -0.39 is 0 Å². The average Bonchev–Trinajstić information content (AvgIpc) is 2.70. The van der Waals surface area contributed by atoms with Gasteiger partial charge in [0.25, 0.3) is 0 Å². The Kier molecular flexibility index (Phi) is 6.09. The summed E-state index contributed by atoms with van der Waals surface area (Å²) in [6.45, 7) is 0. The summed E-state index contributed by atoms with van der Waals surface area (Å²) in [5.74, 6) is 0. The van der Waals surface area contributed by atoms with Gasteiger partial charge in [-0.3, -0.25) is 9.97 Å². The molecule has 26 heavy (non-hydrogen) atoms. The van der Waals surface area contributed by atoms with E-state index in [1.807, 2.05) is 54.7 Å². The van der Waals surface area contributed by atoms with E-state index in [1.54, 1.807) is 6.20 Å². The number of pyridine rings is 2. The first-order valence-electron chi connectivity index (χ1n) is 8.24. The first-order valence-corrected chi connectivity index (χ1v) is 8.24. The molecule has 0 aliphatic rings. The Balaban J connectivity index is 0.00000196. The van der Waals surface area contributed by atoms with Crippen LogP contribution in [0.3, 0.4) is 0 Å². The molecule has 0 aliphatic carbocycles. The quantitative estimate of drug-likeness (QED) is 0.358. The molecule has 0 aliphatic heterocycles. The van der Waals surface area contributed by atoms with Gasteiger partial charge < -0.3 is 0 Å². The summed E-state index contributed by atoms with van der Waals surface area (Å²) in [6, 6.07) is 31.2. The Morgan fingerprint density at radius 2 is 1.31 bits per heavy atom. The monoisotopic (exact) mass is 515 g/mol. The maximum atomic E-state index is 4.41. The molecule has 0 radical (unpaired) electrons. The van der Waals surface area contributed by atoms with E-state index in [2.05, 4.69) is 46.4 Å². The van der Waals surface area contributed by atoms with Gasteiger partial charge in [-0.05, 0) is 24.6 Å². The largest absolute Gasteiger partial charge is 2.00 e. The molecule has 0 saturated carbocycles. The molecule has 0 atom stereocenters. The van der Waals surface area contributed by atoms with Crippen molar-refractivity contribution >= 4 is 0 Å². The van der Waals surface area contributed by atoms with E-state index in [4.69, 9.17) is 0 Å². The van der Waals surface area contributed by atoms with Gasteiger partial charge in [-0.25, -0.2) is 5.56 Å². The van der Waals surface area contributed by atoms with Crippen molar-refractivity contribution in [3.8, 4) is 22.4 Å². The van der Waals surface area contributed by atoms with Crippen LogP contribution in [0.5, 0.6) is 0 Å². The van der Waals surface area contributed by atoms with E-state index in [0.717, 1.165) is 40.1 Å². The molecule has 2 nitrogen and oxygen atoms in total. The fourth-order valence-corrected chi connectivity index (χ4v) is 2.77.